The second kappa shape index (κ2) is 4.63. The number of hydrogen-bond acceptors (Lipinski definition) is 3. The molecule has 0 radical (unpaired) electrons. The van der Waals surface area contributed by atoms with Crippen molar-refractivity contribution in [3.05, 3.63) is 0 Å². The van der Waals surface area contributed by atoms with Gasteiger partial charge in [-0.1, -0.05) is 13.8 Å². The second-order valence-electron chi connectivity index (χ2n) is 6.22. The third kappa shape index (κ3) is 2.41. The van der Waals surface area contributed by atoms with Crippen LogP contribution in [0.25, 0.3) is 0 Å². The second-order valence-corrected chi connectivity index (χ2v) is 6.22. The molecular weight excluding hydrogens is 200 g/mol. The minimum Gasteiger partial charge on any atom is -0.378 e. The van der Waals surface area contributed by atoms with Crippen molar-refractivity contribution in [2.75, 3.05) is 33.2 Å². The van der Waals surface area contributed by atoms with Gasteiger partial charge in [-0.15, -0.1) is 0 Å². The molecule has 0 aromatic heterocycles. The lowest BCUT2D eigenvalue weighted by Crippen LogP contribution is -2.45. The van der Waals surface area contributed by atoms with E-state index in [0.717, 1.165) is 13.1 Å². The van der Waals surface area contributed by atoms with Crippen molar-refractivity contribution in [3.8, 4) is 0 Å². The lowest BCUT2D eigenvalue weighted by Gasteiger charge is -2.39. The lowest BCUT2D eigenvalue weighted by atomic mass is 9.79. The molecular formula is C13H26N2O. The molecule has 2 rings (SSSR count). The maximum Gasteiger partial charge on any atom is 0.109 e. The van der Waals surface area contributed by atoms with Gasteiger partial charge in [0.15, 0.2) is 0 Å². The van der Waals surface area contributed by atoms with Gasteiger partial charge < -0.3 is 10.0 Å². The van der Waals surface area contributed by atoms with Gasteiger partial charge in [0.05, 0.1) is 0 Å². The first-order valence-electron chi connectivity index (χ1n) is 6.63. The minimum absolute atomic E-state index is 0.244. The molecule has 16 heavy (non-hydrogen) atoms. The van der Waals surface area contributed by atoms with Crippen molar-refractivity contribution in [2.45, 2.75) is 39.3 Å². The lowest BCUT2D eigenvalue weighted by molar-refractivity contribution is -0.0263. The highest BCUT2D eigenvalue weighted by atomic mass is 16.3. The molecule has 0 bridgehead atoms. The highest BCUT2D eigenvalue weighted by Crippen LogP contribution is 2.39. The number of rotatable bonds is 2. The summed E-state index contributed by atoms with van der Waals surface area (Å²) < 4.78 is 0. The van der Waals surface area contributed by atoms with Crippen LogP contribution in [0, 0.1) is 11.3 Å². The van der Waals surface area contributed by atoms with Crippen LogP contribution >= 0.6 is 0 Å². The molecule has 0 aliphatic carbocycles. The number of nitrogens with zero attached hydrogens (tertiary/aromatic N) is 2. The molecule has 2 saturated heterocycles. The van der Waals surface area contributed by atoms with E-state index in [2.05, 4.69) is 30.7 Å². The van der Waals surface area contributed by atoms with E-state index < -0.39 is 0 Å². The standard InChI is InChI=1S/C13H26N2O/c1-11(2)12(16)15-8-6-13(10-15)5-4-7-14(3)9-13/h11-12,16H,4-10H2,1-3H3. The van der Waals surface area contributed by atoms with E-state index in [4.69, 9.17) is 0 Å². The minimum atomic E-state index is -0.244. The molecule has 2 atom stereocenters. The Morgan fingerprint density at radius 3 is 2.50 bits per heavy atom. The summed E-state index contributed by atoms with van der Waals surface area (Å²) in [7, 11) is 2.22. The molecule has 2 heterocycles. The van der Waals surface area contributed by atoms with Crippen molar-refractivity contribution in [3.63, 3.8) is 0 Å². The summed E-state index contributed by atoms with van der Waals surface area (Å²) >= 11 is 0. The number of hydrogen-bond donors (Lipinski definition) is 1. The maximum absolute atomic E-state index is 10.1. The fraction of sp³-hybridized carbons (Fsp3) is 1.00. The SMILES string of the molecule is CC(C)C(O)N1CCC2(CCCN(C)C2)C1. The van der Waals surface area contributed by atoms with Crippen molar-refractivity contribution < 1.29 is 5.11 Å². The van der Waals surface area contributed by atoms with E-state index >= 15 is 0 Å². The zero-order chi connectivity index (χ0) is 11.8. The molecule has 2 aliphatic heterocycles. The van der Waals surface area contributed by atoms with Crippen LogP contribution in [0.2, 0.25) is 0 Å². The molecule has 3 heteroatoms. The van der Waals surface area contributed by atoms with Gasteiger partial charge in [-0.2, -0.15) is 0 Å². The summed E-state index contributed by atoms with van der Waals surface area (Å²) in [5.74, 6) is 0.344. The smallest absolute Gasteiger partial charge is 0.109 e. The van der Waals surface area contributed by atoms with Gasteiger partial charge in [-0.25, -0.2) is 0 Å². The summed E-state index contributed by atoms with van der Waals surface area (Å²) in [4.78, 5) is 4.73. The molecule has 2 unspecified atom stereocenters. The van der Waals surface area contributed by atoms with Gasteiger partial charge in [-0.05, 0) is 44.2 Å². The van der Waals surface area contributed by atoms with Crippen LogP contribution in [0.3, 0.4) is 0 Å². The Hall–Kier alpha value is -0.120. The van der Waals surface area contributed by atoms with Crippen LogP contribution in [0.5, 0.6) is 0 Å². The third-order valence-electron chi connectivity index (χ3n) is 4.29. The van der Waals surface area contributed by atoms with Gasteiger partial charge in [0.1, 0.15) is 6.23 Å². The van der Waals surface area contributed by atoms with Crippen molar-refractivity contribution in [2.24, 2.45) is 11.3 Å². The normalized spacial score (nSPS) is 35.1. The Kier molecular flexibility index (Phi) is 3.57. The van der Waals surface area contributed by atoms with Crippen LogP contribution in [0.1, 0.15) is 33.1 Å². The highest BCUT2D eigenvalue weighted by Gasteiger charge is 2.42. The number of piperidine rings is 1. The molecule has 0 aromatic rings. The molecule has 0 saturated carbocycles. The van der Waals surface area contributed by atoms with Crippen LogP contribution in [0.4, 0.5) is 0 Å². The average Bonchev–Trinajstić information content (AvgIpc) is 2.60. The topological polar surface area (TPSA) is 26.7 Å². The molecule has 1 spiro atoms. The monoisotopic (exact) mass is 226 g/mol. The Morgan fingerprint density at radius 2 is 1.88 bits per heavy atom. The Labute approximate surface area is 99.4 Å². The predicted octanol–water partition coefficient (Wildman–Crippen LogP) is 1.38. The van der Waals surface area contributed by atoms with Crippen molar-refractivity contribution in [1.29, 1.82) is 0 Å². The summed E-state index contributed by atoms with van der Waals surface area (Å²) in [6.45, 7) is 8.83. The number of aliphatic hydroxyl groups excluding tert-OH is 1. The van der Waals surface area contributed by atoms with E-state index in [1.54, 1.807) is 0 Å². The first-order valence-corrected chi connectivity index (χ1v) is 6.63. The molecule has 2 fully saturated rings. The Morgan fingerprint density at radius 1 is 1.12 bits per heavy atom. The molecule has 3 nitrogen and oxygen atoms in total. The Balaban J connectivity index is 1.96. The first kappa shape index (κ1) is 12.3. The number of likely N-dealkylation sites (tertiary alicyclic amines) is 2. The molecule has 0 aromatic carbocycles. The van der Waals surface area contributed by atoms with Gasteiger partial charge in [-0.3, -0.25) is 4.90 Å². The molecule has 2 aliphatic rings. The van der Waals surface area contributed by atoms with Gasteiger partial charge >= 0.3 is 0 Å². The first-order chi connectivity index (χ1) is 7.52. The van der Waals surface area contributed by atoms with E-state index in [0.29, 0.717) is 11.3 Å². The van der Waals surface area contributed by atoms with E-state index in [-0.39, 0.29) is 6.23 Å². The van der Waals surface area contributed by atoms with Gasteiger partial charge in [0.2, 0.25) is 0 Å². The number of aliphatic hydroxyl groups is 1. The largest absolute Gasteiger partial charge is 0.378 e. The molecule has 0 amide bonds. The molecule has 1 N–H and O–H groups in total. The fourth-order valence-corrected chi connectivity index (χ4v) is 3.40. The summed E-state index contributed by atoms with van der Waals surface area (Å²) in [5.41, 5.74) is 0.475. The predicted molar refractivity (Wildman–Crippen MR) is 66.2 cm³/mol. The zero-order valence-electron chi connectivity index (χ0n) is 10.9. The maximum atomic E-state index is 10.1. The van der Waals surface area contributed by atoms with Crippen LogP contribution < -0.4 is 0 Å². The van der Waals surface area contributed by atoms with E-state index in [1.165, 1.54) is 32.4 Å². The highest BCUT2D eigenvalue weighted by molar-refractivity contribution is 4.95. The van der Waals surface area contributed by atoms with Gasteiger partial charge in [0, 0.05) is 19.6 Å². The van der Waals surface area contributed by atoms with Crippen molar-refractivity contribution >= 4 is 0 Å². The van der Waals surface area contributed by atoms with E-state index in [9.17, 15) is 5.11 Å². The van der Waals surface area contributed by atoms with E-state index in [1.807, 2.05) is 0 Å². The average molecular weight is 226 g/mol. The third-order valence-corrected chi connectivity index (χ3v) is 4.29. The quantitative estimate of drug-likeness (QED) is 0.770. The van der Waals surface area contributed by atoms with Crippen molar-refractivity contribution in [1.82, 2.24) is 9.80 Å². The van der Waals surface area contributed by atoms with Crippen LogP contribution in [-0.2, 0) is 0 Å². The summed E-state index contributed by atoms with van der Waals surface area (Å²) in [6, 6.07) is 0. The zero-order valence-corrected chi connectivity index (χ0v) is 10.9. The molecule has 94 valence electrons. The van der Waals surface area contributed by atoms with Crippen LogP contribution in [0.15, 0.2) is 0 Å². The van der Waals surface area contributed by atoms with Gasteiger partial charge in [0.25, 0.3) is 0 Å². The van der Waals surface area contributed by atoms with Crippen LogP contribution in [-0.4, -0.2) is 54.4 Å². The summed E-state index contributed by atoms with van der Waals surface area (Å²) in [6.07, 6.45) is 3.69. The Bertz CT molecular complexity index is 244. The fourth-order valence-electron chi connectivity index (χ4n) is 3.40. The summed E-state index contributed by atoms with van der Waals surface area (Å²) in [5, 5.41) is 10.1.